The molecule has 2 aliphatic heterocycles. The Morgan fingerprint density at radius 2 is 2.00 bits per heavy atom. The van der Waals surface area contributed by atoms with Crippen molar-refractivity contribution in [3.63, 3.8) is 0 Å². The molecular formula is C19H24N2O2. The fourth-order valence-electron chi connectivity index (χ4n) is 4.00. The van der Waals surface area contributed by atoms with Gasteiger partial charge < -0.3 is 9.64 Å². The highest BCUT2D eigenvalue weighted by Gasteiger charge is 2.41. The summed E-state index contributed by atoms with van der Waals surface area (Å²) in [4.78, 5) is 19.3. The number of carbonyl (C=O) groups is 1. The lowest BCUT2D eigenvalue weighted by Crippen LogP contribution is -2.44. The first-order chi connectivity index (χ1) is 11.2. The maximum Gasteiger partial charge on any atom is 0.255 e. The molecule has 2 saturated heterocycles. The van der Waals surface area contributed by atoms with Crippen molar-refractivity contribution in [2.75, 3.05) is 6.61 Å². The molecule has 2 bridgehead atoms. The van der Waals surface area contributed by atoms with E-state index in [1.165, 1.54) is 12.8 Å². The highest BCUT2D eigenvalue weighted by molar-refractivity contribution is 5.94. The number of hydrogen-bond donors (Lipinski definition) is 0. The molecule has 1 aromatic rings. The van der Waals surface area contributed by atoms with E-state index in [1.807, 2.05) is 13.0 Å². The Bertz CT molecular complexity index is 603. The molecule has 1 saturated carbocycles. The van der Waals surface area contributed by atoms with Crippen molar-refractivity contribution in [2.45, 2.75) is 57.5 Å². The van der Waals surface area contributed by atoms with E-state index in [1.54, 1.807) is 17.8 Å². The Labute approximate surface area is 137 Å². The van der Waals surface area contributed by atoms with Crippen LogP contribution >= 0.6 is 0 Å². The minimum Gasteiger partial charge on any atom is -0.478 e. The zero-order valence-corrected chi connectivity index (χ0v) is 13.7. The number of carbonyl (C=O) groups excluding carboxylic acids is 1. The molecular weight excluding hydrogens is 288 g/mol. The van der Waals surface area contributed by atoms with E-state index in [2.05, 4.69) is 16.0 Å². The third kappa shape index (κ3) is 2.99. The number of nitrogens with zero attached hydrogens (tertiary/aromatic N) is 2. The summed E-state index contributed by atoms with van der Waals surface area (Å²) >= 11 is 0. The van der Waals surface area contributed by atoms with E-state index in [0.29, 0.717) is 30.1 Å². The zero-order valence-electron chi connectivity index (χ0n) is 13.7. The van der Waals surface area contributed by atoms with Gasteiger partial charge in [-0.2, -0.15) is 0 Å². The summed E-state index contributed by atoms with van der Waals surface area (Å²) in [6.45, 7) is 2.52. The molecule has 0 aromatic carbocycles. The van der Waals surface area contributed by atoms with Gasteiger partial charge in [0.1, 0.15) is 0 Å². The van der Waals surface area contributed by atoms with Crippen LogP contribution in [0, 0.1) is 5.92 Å². The van der Waals surface area contributed by atoms with Crippen LogP contribution in [0.15, 0.2) is 30.0 Å². The van der Waals surface area contributed by atoms with Crippen molar-refractivity contribution in [2.24, 2.45) is 5.92 Å². The quantitative estimate of drug-likeness (QED) is 0.798. The van der Waals surface area contributed by atoms with E-state index >= 15 is 0 Å². The van der Waals surface area contributed by atoms with Gasteiger partial charge in [0.05, 0.1) is 12.2 Å². The summed E-state index contributed by atoms with van der Waals surface area (Å²) in [6.07, 6.45) is 11.3. The van der Waals surface area contributed by atoms with Gasteiger partial charge in [0.2, 0.25) is 5.88 Å². The molecule has 0 N–H and O–H groups in total. The van der Waals surface area contributed by atoms with E-state index in [4.69, 9.17) is 4.74 Å². The highest BCUT2D eigenvalue weighted by Crippen LogP contribution is 2.41. The molecule has 1 aromatic heterocycles. The Morgan fingerprint density at radius 3 is 2.57 bits per heavy atom. The van der Waals surface area contributed by atoms with Crippen LogP contribution in [0.5, 0.6) is 5.88 Å². The summed E-state index contributed by atoms with van der Waals surface area (Å²) in [5.41, 5.74) is 2.27. The molecule has 3 heterocycles. The minimum absolute atomic E-state index is 0.138. The number of piperidine rings is 1. The topological polar surface area (TPSA) is 42.4 Å². The van der Waals surface area contributed by atoms with E-state index < -0.39 is 0 Å². The van der Waals surface area contributed by atoms with Crippen LogP contribution in [0.4, 0.5) is 0 Å². The van der Waals surface area contributed by atoms with Crippen molar-refractivity contribution >= 4 is 5.91 Å². The maximum absolute atomic E-state index is 12.9. The minimum atomic E-state index is 0.138. The lowest BCUT2D eigenvalue weighted by atomic mass is 9.95. The number of amides is 1. The molecule has 122 valence electrons. The van der Waals surface area contributed by atoms with Crippen LogP contribution in [-0.2, 0) is 0 Å². The summed E-state index contributed by atoms with van der Waals surface area (Å²) in [7, 11) is 0. The molecule has 2 atom stereocenters. The predicted molar refractivity (Wildman–Crippen MR) is 88.4 cm³/mol. The van der Waals surface area contributed by atoms with Gasteiger partial charge in [-0.25, -0.2) is 4.98 Å². The normalized spacial score (nSPS) is 26.3. The number of allylic oxidation sites excluding steroid dienone is 1. The number of rotatable bonds is 4. The molecule has 4 heteroatoms. The van der Waals surface area contributed by atoms with Crippen molar-refractivity contribution < 1.29 is 9.53 Å². The van der Waals surface area contributed by atoms with Crippen molar-refractivity contribution in [1.29, 1.82) is 0 Å². The second-order valence-electron chi connectivity index (χ2n) is 6.99. The monoisotopic (exact) mass is 312 g/mol. The molecule has 3 aliphatic rings. The Kier molecular flexibility index (Phi) is 3.83. The van der Waals surface area contributed by atoms with Gasteiger partial charge in [0.25, 0.3) is 5.91 Å². The second-order valence-corrected chi connectivity index (χ2v) is 6.99. The number of aromatic nitrogens is 1. The molecule has 3 fully saturated rings. The number of fused-ring (bicyclic) bond motifs is 2. The molecule has 4 nitrogen and oxygen atoms in total. The van der Waals surface area contributed by atoms with Gasteiger partial charge in [-0.1, -0.05) is 11.6 Å². The first kappa shape index (κ1) is 14.7. The SMILES string of the molecule is CCOc1ccc(C(=O)N2C3CCC2CC(=CC2CC2)C3)cn1. The third-order valence-corrected chi connectivity index (χ3v) is 5.22. The molecule has 23 heavy (non-hydrogen) atoms. The van der Waals surface area contributed by atoms with Crippen LogP contribution in [0.3, 0.4) is 0 Å². The molecule has 4 rings (SSSR count). The fraction of sp³-hybridized carbons (Fsp3) is 0.579. The predicted octanol–water partition coefficient (Wildman–Crippen LogP) is 3.58. The van der Waals surface area contributed by atoms with Crippen LogP contribution in [0.2, 0.25) is 0 Å². The number of ether oxygens (including phenoxy) is 1. The van der Waals surface area contributed by atoms with Crippen LogP contribution in [-0.4, -0.2) is 34.5 Å². The van der Waals surface area contributed by atoms with E-state index in [9.17, 15) is 4.79 Å². The molecule has 1 aliphatic carbocycles. The van der Waals surface area contributed by atoms with E-state index in [0.717, 1.165) is 31.6 Å². The van der Waals surface area contributed by atoms with E-state index in [-0.39, 0.29) is 5.91 Å². The zero-order chi connectivity index (χ0) is 15.8. The Balaban J connectivity index is 1.48. The first-order valence-corrected chi connectivity index (χ1v) is 8.85. The first-order valence-electron chi connectivity index (χ1n) is 8.85. The van der Waals surface area contributed by atoms with Crippen molar-refractivity contribution in [1.82, 2.24) is 9.88 Å². The fourth-order valence-corrected chi connectivity index (χ4v) is 4.00. The lowest BCUT2D eigenvalue weighted by Gasteiger charge is -2.36. The summed E-state index contributed by atoms with van der Waals surface area (Å²) < 4.78 is 5.35. The third-order valence-electron chi connectivity index (χ3n) is 5.22. The van der Waals surface area contributed by atoms with Crippen LogP contribution in [0.1, 0.15) is 55.8 Å². The van der Waals surface area contributed by atoms with Gasteiger partial charge >= 0.3 is 0 Å². The van der Waals surface area contributed by atoms with Crippen molar-refractivity contribution in [3.05, 3.63) is 35.5 Å². The van der Waals surface area contributed by atoms with Crippen LogP contribution < -0.4 is 4.74 Å². The largest absolute Gasteiger partial charge is 0.478 e. The Hall–Kier alpha value is -1.84. The maximum atomic E-state index is 12.9. The van der Waals surface area contributed by atoms with Crippen LogP contribution in [0.25, 0.3) is 0 Å². The average Bonchev–Trinajstić information content (AvgIpc) is 3.32. The second kappa shape index (κ2) is 5.99. The lowest BCUT2D eigenvalue weighted by molar-refractivity contribution is 0.0634. The summed E-state index contributed by atoms with van der Waals surface area (Å²) in [5, 5.41) is 0. The standard InChI is InChI=1S/C19H24N2O2/c1-2-23-18-8-5-15(12-20-18)19(22)21-16-6-7-17(21)11-14(10-16)9-13-3-4-13/h5,8-9,12-13,16-17H,2-4,6-7,10-11H2,1H3. The molecule has 0 spiro atoms. The van der Waals surface area contributed by atoms with Gasteiger partial charge in [0, 0.05) is 24.3 Å². The Morgan fingerprint density at radius 1 is 1.26 bits per heavy atom. The smallest absolute Gasteiger partial charge is 0.255 e. The average molecular weight is 312 g/mol. The summed E-state index contributed by atoms with van der Waals surface area (Å²) in [6, 6.07) is 4.41. The summed E-state index contributed by atoms with van der Waals surface area (Å²) in [5.74, 6) is 1.56. The van der Waals surface area contributed by atoms with Gasteiger partial charge in [-0.3, -0.25) is 4.79 Å². The number of hydrogen-bond acceptors (Lipinski definition) is 3. The van der Waals surface area contributed by atoms with Gasteiger partial charge in [-0.05, 0) is 57.4 Å². The highest BCUT2D eigenvalue weighted by atomic mass is 16.5. The van der Waals surface area contributed by atoms with Gasteiger partial charge in [-0.15, -0.1) is 0 Å². The number of pyridine rings is 1. The molecule has 2 unspecified atom stereocenters. The molecule has 0 radical (unpaired) electrons. The van der Waals surface area contributed by atoms with Gasteiger partial charge in [0.15, 0.2) is 0 Å². The van der Waals surface area contributed by atoms with Crippen molar-refractivity contribution in [3.8, 4) is 5.88 Å². The molecule has 1 amide bonds.